The Bertz CT molecular complexity index is 873. The van der Waals surface area contributed by atoms with Crippen molar-refractivity contribution in [3.05, 3.63) is 59.1 Å². The maximum absolute atomic E-state index is 12.5. The minimum atomic E-state index is -0.0542. The summed E-state index contributed by atoms with van der Waals surface area (Å²) in [5.74, 6) is 1.84. The van der Waals surface area contributed by atoms with Gasteiger partial charge in [0.15, 0.2) is 5.76 Å². The Balaban J connectivity index is 1.57. The molecule has 1 unspecified atom stereocenters. The van der Waals surface area contributed by atoms with E-state index in [0.29, 0.717) is 34.8 Å². The predicted octanol–water partition coefficient (Wildman–Crippen LogP) is 5.21. The van der Waals surface area contributed by atoms with Gasteiger partial charge in [-0.15, -0.1) is 0 Å². The molecule has 0 aliphatic carbocycles. The highest BCUT2D eigenvalue weighted by Crippen LogP contribution is 2.23. The summed E-state index contributed by atoms with van der Waals surface area (Å²) in [6.07, 6.45) is 4.08. The van der Waals surface area contributed by atoms with Crippen molar-refractivity contribution in [1.29, 1.82) is 0 Å². The highest BCUT2D eigenvalue weighted by molar-refractivity contribution is 6.30. The molecule has 1 aromatic carbocycles. The van der Waals surface area contributed by atoms with Gasteiger partial charge in [0.1, 0.15) is 0 Å². The van der Waals surface area contributed by atoms with Crippen LogP contribution in [0.25, 0.3) is 11.6 Å². The van der Waals surface area contributed by atoms with Crippen LogP contribution in [0.1, 0.15) is 50.6 Å². The van der Waals surface area contributed by atoms with Gasteiger partial charge in [0, 0.05) is 17.9 Å². The average molecular weight is 402 g/mol. The highest BCUT2D eigenvalue weighted by Gasteiger charge is 2.17. The first-order chi connectivity index (χ1) is 13.5. The molecule has 0 aliphatic rings. The summed E-state index contributed by atoms with van der Waals surface area (Å²) in [5, 5.41) is 7.68. The van der Waals surface area contributed by atoms with Gasteiger partial charge in [-0.3, -0.25) is 4.79 Å². The molecule has 0 aliphatic heterocycles. The summed E-state index contributed by atoms with van der Waals surface area (Å²) in [6.45, 7) is 4.35. The molecule has 3 rings (SSSR count). The van der Waals surface area contributed by atoms with Crippen LogP contribution in [0, 0.1) is 5.92 Å². The number of carbonyl (C=O) groups is 1. The molecule has 3 aromatic rings. The lowest BCUT2D eigenvalue weighted by molar-refractivity contribution is -0.122. The van der Waals surface area contributed by atoms with Crippen LogP contribution in [0.5, 0.6) is 0 Å². The minimum Gasteiger partial charge on any atom is -0.461 e. The number of aryl methyl sites for hydroxylation is 1. The van der Waals surface area contributed by atoms with Crippen LogP contribution >= 0.6 is 11.6 Å². The van der Waals surface area contributed by atoms with Crippen LogP contribution in [0.4, 0.5) is 0 Å². The SMILES string of the molecule is CC(C)CCC(NC(=O)CCc1nc(-c2ccco2)no1)c1ccc(Cl)cc1. The fourth-order valence-corrected chi connectivity index (χ4v) is 2.99. The fraction of sp³-hybridized carbons (Fsp3) is 0.381. The zero-order valence-electron chi connectivity index (χ0n) is 16.0. The first kappa shape index (κ1) is 20.1. The van der Waals surface area contributed by atoms with Crippen molar-refractivity contribution < 1.29 is 13.7 Å². The number of carbonyl (C=O) groups excluding carboxylic acids is 1. The number of amides is 1. The Hall–Kier alpha value is -2.60. The number of furan rings is 1. The van der Waals surface area contributed by atoms with E-state index in [2.05, 4.69) is 29.3 Å². The molecule has 2 heterocycles. The fourth-order valence-electron chi connectivity index (χ4n) is 2.87. The third kappa shape index (κ3) is 5.70. The van der Waals surface area contributed by atoms with Crippen LogP contribution in [-0.2, 0) is 11.2 Å². The Labute approximate surface area is 169 Å². The molecule has 0 saturated heterocycles. The number of benzene rings is 1. The first-order valence-corrected chi connectivity index (χ1v) is 9.80. The van der Waals surface area contributed by atoms with Crippen molar-refractivity contribution in [3.63, 3.8) is 0 Å². The second kappa shape index (κ2) is 9.55. The standard InChI is InChI=1S/C21H24ClN3O3/c1-14(2)5-10-17(15-6-8-16(22)9-7-15)23-19(26)11-12-20-24-21(25-28-20)18-4-3-13-27-18/h3-4,6-9,13-14,17H,5,10-12H2,1-2H3,(H,23,26). The van der Waals surface area contributed by atoms with E-state index in [1.54, 1.807) is 18.4 Å². The summed E-state index contributed by atoms with van der Waals surface area (Å²) in [5.41, 5.74) is 1.05. The summed E-state index contributed by atoms with van der Waals surface area (Å²) in [4.78, 5) is 16.8. The third-order valence-corrected chi connectivity index (χ3v) is 4.67. The van der Waals surface area contributed by atoms with Crippen LogP contribution in [0.3, 0.4) is 0 Å². The van der Waals surface area contributed by atoms with E-state index in [-0.39, 0.29) is 18.4 Å². The molecule has 0 bridgehead atoms. The van der Waals surface area contributed by atoms with Gasteiger partial charge in [-0.1, -0.05) is 42.7 Å². The topological polar surface area (TPSA) is 81.2 Å². The molecular weight excluding hydrogens is 378 g/mol. The zero-order chi connectivity index (χ0) is 19.9. The number of aromatic nitrogens is 2. The molecule has 0 saturated carbocycles. The Morgan fingerprint density at radius 1 is 1.18 bits per heavy atom. The van der Waals surface area contributed by atoms with Gasteiger partial charge in [-0.25, -0.2) is 0 Å². The highest BCUT2D eigenvalue weighted by atomic mass is 35.5. The molecule has 2 aromatic heterocycles. The lowest BCUT2D eigenvalue weighted by Crippen LogP contribution is -2.29. The molecular formula is C21H24ClN3O3. The summed E-state index contributed by atoms with van der Waals surface area (Å²) < 4.78 is 10.4. The molecule has 148 valence electrons. The molecule has 1 N–H and O–H groups in total. The molecule has 7 heteroatoms. The van der Waals surface area contributed by atoms with Gasteiger partial charge in [-0.05, 0) is 48.6 Å². The number of hydrogen-bond acceptors (Lipinski definition) is 5. The van der Waals surface area contributed by atoms with Crippen LogP contribution in [0.2, 0.25) is 5.02 Å². The minimum absolute atomic E-state index is 0.0477. The van der Waals surface area contributed by atoms with E-state index in [0.717, 1.165) is 18.4 Å². The third-order valence-electron chi connectivity index (χ3n) is 4.42. The van der Waals surface area contributed by atoms with Crippen molar-refractivity contribution in [2.45, 2.75) is 45.6 Å². The van der Waals surface area contributed by atoms with Crippen molar-refractivity contribution in [3.8, 4) is 11.6 Å². The quantitative estimate of drug-likeness (QED) is 0.532. The Kier molecular flexibility index (Phi) is 6.87. The summed E-state index contributed by atoms with van der Waals surface area (Å²) >= 11 is 5.99. The van der Waals surface area contributed by atoms with E-state index < -0.39 is 0 Å². The molecule has 0 radical (unpaired) electrons. The number of nitrogens with zero attached hydrogens (tertiary/aromatic N) is 2. The Morgan fingerprint density at radius 2 is 1.96 bits per heavy atom. The van der Waals surface area contributed by atoms with E-state index in [4.69, 9.17) is 20.5 Å². The van der Waals surface area contributed by atoms with Crippen molar-refractivity contribution in [1.82, 2.24) is 15.5 Å². The van der Waals surface area contributed by atoms with Gasteiger partial charge in [0.25, 0.3) is 0 Å². The molecule has 0 fully saturated rings. The molecule has 6 nitrogen and oxygen atoms in total. The number of hydrogen-bond donors (Lipinski definition) is 1. The number of rotatable bonds is 9. The molecule has 1 atom stereocenters. The van der Waals surface area contributed by atoms with Crippen molar-refractivity contribution >= 4 is 17.5 Å². The summed E-state index contributed by atoms with van der Waals surface area (Å²) in [6, 6.07) is 11.1. The molecule has 28 heavy (non-hydrogen) atoms. The largest absolute Gasteiger partial charge is 0.461 e. The van der Waals surface area contributed by atoms with E-state index >= 15 is 0 Å². The smallest absolute Gasteiger partial charge is 0.238 e. The second-order valence-electron chi connectivity index (χ2n) is 7.13. The molecule has 1 amide bonds. The monoisotopic (exact) mass is 401 g/mol. The van der Waals surface area contributed by atoms with Gasteiger partial charge in [-0.2, -0.15) is 4.98 Å². The van der Waals surface area contributed by atoms with Gasteiger partial charge in [0.05, 0.1) is 12.3 Å². The lowest BCUT2D eigenvalue weighted by atomic mass is 9.97. The maximum Gasteiger partial charge on any atom is 0.238 e. The Morgan fingerprint density at radius 3 is 2.64 bits per heavy atom. The predicted molar refractivity (Wildman–Crippen MR) is 107 cm³/mol. The van der Waals surface area contributed by atoms with Crippen LogP contribution in [-0.4, -0.2) is 16.0 Å². The average Bonchev–Trinajstić information content (AvgIpc) is 3.35. The van der Waals surface area contributed by atoms with E-state index in [1.165, 1.54) is 0 Å². The lowest BCUT2D eigenvalue weighted by Gasteiger charge is -2.20. The number of nitrogens with one attached hydrogen (secondary N) is 1. The van der Waals surface area contributed by atoms with Crippen LogP contribution < -0.4 is 5.32 Å². The van der Waals surface area contributed by atoms with Gasteiger partial charge >= 0.3 is 0 Å². The molecule has 0 spiro atoms. The van der Waals surface area contributed by atoms with E-state index in [9.17, 15) is 4.79 Å². The first-order valence-electron chi connectivity index (χ1n) is 9.42. The zero-order valence-corrected chi connectivity index (χ0v) is 16.8. The second-order valence-corrected chi connectivity index (χ2v) is 7.57. The maximum atomic E-state index is 12.5. The van der Waals surface area contributed by atoms with Crippen molar-refractivity contribution in [2.75, 3.05) is 0 Å². The normalized spacial score (nSPS) is 12.3. The van der Waals surface area contributed by atoms with E-state index in [1.807, 2.05) is 24.3 Å². The van der Waals surface area contributed by atoms with Gasteiger partial charge in [0.2, 0.25) is 17.6 Å². The summed E-state index contributed by atoms with van der Waals surface area (Å²) in [7, 11) is 0. The van der Waals surface area contributed by atoms with Crippen LogP contribution in [0.15, 0.2) is 51.6 Å². The number of halogens is 1. The van der Waals surface area contributed by atoms with Gasteiger partial charge < -0.3 is 14.3 Å². The van der Waals surface area contributed by atoms with Crippen molar-refractivity contribution in [2.24, 2.45) is 5.92 Å².